The van der Waals surface area contributed by atoms with Crippen LogP contribution in [0.4, 0.5) is 5.82 Å². The molecule has 0 fully saturated rings. The van der Waals surface area contributed by atoms with Gasteiger partial charge >= 0.3 is 0 Å². The molecular formula is C8H8N4O2. The quantitative estimate of drug-likeness (QED) is 0.744. The third-order valence-corrected chi connectivity index (χ3v) is 1.60. The summed E-state index contributed by atoms with van der Waals surface area (Å²) in [5.41, 5.74) is 0.595. The number of aromatic amines is 1. The molecule has 2 heterocycles. The third kappa shape index (κ3) is 1.98. The summed E-state index contributed by atoms with van der Waals surface area (Å²) in [5.74, 6) is 0.324. The summed E-state index contributed by atoms with van der Waals surface area (Å²) in [6.45, 7) is 0. The van der Waals surface area contributed by atoms with E-state index in [-0.39, 0.29) is 12.3 Å². The largest absolute Gasteiger partial charge is 0.364 e. The van der Waals surface area contributed by atoms with Gasteiger partial charge in [-0.2, -0.15) is 5.10 Å². The zero-order valence-corrected chi connectivity index (χ0v) is 7.23. The Labute approximate surface area is 79.3 Å². The van der Waals surface area contributed by atoms with E-state index in [1.165, 1.54) is 6.26 Å². The molecule has 6 heteroatoms. The second-order valence-electron chi connectivity index (χ2n) is 2.68. The second-order valence-corrected chi connectivity index (χ2v) is 2.68. The number of aromatic nitrogens is 3. The Morgan fingerprint density at radius 2 is 2.50 bits per heavy atom. The van der Waals surface area contributed by atoms with Crippen LogP contribution in [0.5, 0.6) is 0 Å². The first-order valence-electron chi connectivity index (χ1n) is 4.03. The topological polar surface area (TPSA) is 83.8 Å². The summed E-state index contributed by atoms with van der Waals surface area (Å²) in [5, 5.41) is 12.6. The fraction of sp³-hybridized carbons (Fsp3) is 0.125. The van der Waals surface area contributed by atoms with Crippen molar-refractivity contribution in [1.29, 1.82) is 0 Å². The van der Waals surface area contributed by atoms with Crippen molar-refractivity contribution in [2.24, 2.45) is 0 Å². The molecule has 0 bridgehead atoms. The highest BCUT2D eigenvalue weighted by Gasteiger charge is 2.06. The molecule has 0 aliphatic rings. The zero-order chi connectivity index (χ0) is 9.80. The molecule has 0 spiro atoms. The van der Waals surface area contributed by atoms with Crippen molar-refractivity contribution in [3.8, 4) is 0 Å². The zero-order valence-electron chi connectivity index (χ0n) is 7.23. The molecule has 0 saturated heterocycles. The van der Waals surface area contributed by atoms with E-state index in [1.807, 2.05) is 0 Å². The average molecular weight is 192 g/mol. The predicted molar refractivity (Wildman–Crippen MR) is 47.4 cm³/mol. The molecule has 2 aromatic heterocycles. The molecule has 1 amide bonds. The summed E-state index contributed by atoms with van der Waals surface area (Å²) < 4.78 is 4.60. The average Bonchev–Trinajstić information content (AvgIpc) is 2.76. The monoisotopic (exact) mass is 192 g/mol. The Bertz CT molecular complexity index is 355. The fourth-order valence-electron chi connectivity index (χ4n) is 1.01. The lowest BCUT2D eigenvalue weighted by Gasteiger charge is -1.97. The number of carbonyl (C=O) groups excluding carboxylic acids is 1. The molecule has 0 atom stereocenters. The molecule has 0 saturated carbocycles. The molecule has 2 aromatic rings. The summed E-state index contributed by atoms with van der Waals surface area (Å²) in [7, 11) is 0. The first-order valence-corrected chi connectivity index (χ1v) is 4.03. The van der Waals surface area contributed by atoms with Gasteiger partial charge < -0.3 is 9.84 Å². The van der Waals surface area contributed by atoms with Crippen molar-refractivity contribution in [3.05, 3.63) is 30.3 Å². The standard InChI is InChI=1S/C8H8N4O2/c13-8(5-6-2-4-14-12-6)10-7-1-3-9-11-7/h1-4H,5H2,(H2,9,10,11,13). The van der Waals surface area contributed by atoms with Gasteiger partial charge in [0.25, 0.3) is 0 Å². The van der Waals surface area contributed by atoms with E-state index in [4.69, 9.17) is 0 Å². The minimum absolute atomic E-state index is 0.175. The molecule has 72 valence electrons. The second kappa shape index (κ2) is 3.73. The van der Waals surface area contributed by atoms with Crippen molar-refractivity contribution in [2.45, 2.75) is 6.42 Å². The Hall–Kier alpha value is -2.11. The minimum atomic E-state index is -0.175. The summed E-state index contributed by atoms with van der Waals surface area (Å²) in [4.78, 5) is 11.3. The number of nitrogens with zero attached hydrogens (tertiary/aromatic N) is 2. The number of carbonyl (C=O) groups is 1. The first-order chi connectivity index (χ1) is 6.84. The van der Waals surface area contributed by atoms with Crippen LogP contribution in [0.25, 0.3) is 0 Å². The summed E-state index contributed by atoms with van der Waals surface area (Å²) in [6, 6.07) is 3.31. The summed E-state index contributed by atoms with van der Waals surface area (Å²) >= 11 is 0. The van der Waals surface area contributed by atoms with Crippen molar-refractivity contribution < 1.29 is 9.32 Å². The van der Waals surface area contributed by atoms with Crippen LogP contribution in [0.2, 0.25) is 0 Å². The fourth-order valence-corrected chi connectivity index (χ4v) is 1.01. The third-order valence-electron chi connectivity index (χ3n) is 1.60. The number of nitrogens with one attached hydrogen (secondary N) is 2. The Balaban J connectivity index is 1.91. The lowest BCUT2D eigenvalue weighted by atomic mass is 10.3. The van der Waals surface area contributed by atoms with Gasteiger partial charge in [-0.1, -0.05) is 5.16 Å². The molecule has 0 unspecified atom stereocenters. The van der Waals surface area contributed by atoms with Gasteiger partial charge in [-0.05, 0) is 0 Å². The maximum Gasteiger partial charge on any atom is 0.231 e. The van der Waals surface area contributed by atoms with E-state index >= 15 is 0 Å². The van der Waals surface area contributed by atoms with Gasteiger partial charge in [-0.25, -0.2) is 0 Å². The van der Waals surface area contributed by atoms with Crippen LogP contribution in [0, 0.1) is 0 Å². The van der Waals surface area contributed by atoms with E-state index in [2.05, 4.69) is 25.2 Å². The van der Waals surface area contributed by atoms with Gasteiger partial charge in [0, 0.05) is 18.3 Å². The van der Waals surface area contributed by atoms with E-state index in [9.17, 15) is 4.79 Å². The molecule has 2 N–H and O–H groups in total. The van der Waals surface area contributed by atoms with Crippen molar-refractivity contribution in [2.75, 3.05) is 5.32 Å². The van der Waals surface area contributed by atoms with Gasteiger partial charge in [-0.3, -0.25) is 9.89 Å². The van der Waals surface area contributed by atoms with Crippen LogP contribution in [0.15, 0.2) is 29.1 Å². The van der Waals surface area contributed by atoms with E-state index in [0.29, 0.717) is 11.5 Å². The lowest BCUT2D eigenvalue weighted by molar-refractivity contribution is -0.115. The van der Waals surface area contributed by atoms with E-state index in [1.54, 1.807) is 18.3 Å². The highest BCUT2D eigenvalue weighted by atomic mass is 16.5. The number of hydrogen-bond donors (Lipinski definition) is 2. The van der Waals surface area contributed by atoms with E-state index < -0.39 is 0 Å². The van der Waals surface area contributed by atoms with Crippen LogP contribution >= 0.6 is 0 Å². The summed E-state index contributed by atoms with van der Waals surface area (Å²) in [6.07, 6.45) is 3.24. The van der Waals surface area contributed by atoms with Crippen molar-refractivity contribution in [3.63, 3.8) is 0 Å². The minimum Gasteiger partial charge on any atom is -0.364 e. The van der Waals surface area contributed by atoms with Crippen LogP contribution in [0.1, 0.15) is 5.69 Å². The Kier molecular flexibility index (Phi) is 2.26. The number of rotatable bonds is 3. The molecule has 2 rings (SSSR count). The van der Waals surface area contributed by atoms with Gasteiger partial charge in [0.15, 0.2) is 5.82 Å². The maximum atomic E-state index is 11.3. The molecule has 6 nitrogen and oxygen atoms in total. The van der Waals surface area contributed by atoms with Gasteiger partial charge in [0.1, 0.15) is 6.26 Å². The van der Waals surface area contributed by atoms with Gasteiger partial charge in [0.2, 0.25) is 5.91 Å². The lowest BCUT2D eigenvalue weighted by Crippen LogP contribution is -2.14. The Morgan fingerprint density at radius 1 is 1.57 bits per heavy atom. The van der Waals surface area contributed by atoms with Crippen LogP contribution in [-0.4, -0.2) is 21.3 Å². The van der Waals surface area contributed by atoms with E-state index in [0.717, 1.165) is 0 Å². The highest BCUT2D eigenvalue weighted by molar-refractivity contribution is 5.90. The van der Waals surface area contributed by atoms with Crippen LogP contribution in [-0.2, 0) is 11.2 Å². The number of amides is 1. The van der Waals surface area contributed by atoms with Gasteiger partial charge in [0.05, 0.1) is 12.1 Å². The molecule has 14 heavy (non-hydrogen) atoms. The molecule has 0 aromatic carbocycles. The van der Waals surface area contributed by atoms with Gasteiger partial charge in [-0.15, -0.1) is 0 Å². The smallest absolute Gasteiger partial charge is 0.231 e. The van der Waals surface area contributed by atoms with Crippen molar-refractivity contribution in [1.82, 2.24) is 15.4 Å². The molecule has 0 aliphatic heterocycles. The van der Waals surface area contributed by atoms with Crippen molar-refractivity contribution >= 4 is 11.7 Å². The Morgan fingerprint density at radius 3 is 3.14 bits per heavy atom. The van der Waals surface area contributed by atoms with Crippen LogP contribution in [0.3, 0.4) is 0 Å². The SMILES string of the molecule is O=C(Cc1ccon1)Nc1cc[nH]n1. The number of H-pyrrole nitrogens is 1. The predicted octanol–water partition coefficient (Wildman–Crippen LogP) is 0.579. The van der Waals surface area contributed by atoms with Crippen LogP contribution < -0.4 is 5.32 Å². The number of anilines is 1. The molecular weight excluding hydrogens is 184 g/mol. The first kappa shape index (κ1) is 8.49. The maximum absolute atomic E-state index is 11.3. The molecule has 0 radical (unpaired) electrons. The number of hydrogen-bond acceptors (Lipinski definition) is 4. The highest BCUT2D eigenvalue weighted by Crippen LogP contribution is 2.01. The molecule has 0 aliphatic carbocycles. The normalized spacial score (nSPS) is 10.0.